The highest BCUT2D eigenvalue weighted by molar-refractivity contribution is 5.94. The molecule has 0 bridgehead atoms. The minimum Gasteiger partial charge on any atom is -0.352 e. The summed E-state index contributed by atoms with van der Waals surface area (Å²) < 4.78 is 13.1. The van der Waals surface area contributed by atoms with Crippen LogP contribution in [0, 0.1) is 15.9 Å². The summed E-state index contributed by atoms with van der Waals surface area (Å²) in [4.78, 5) is 21.3. The molecule has 5 nitrogen and oxygen atoms in total. The van der Waals surface area contributed by atoms with E-state index < -0.39 is 22.3 Å². The number of carbonyl (C=O) groups is 1. The lowest BCUT2D eigenvalue weighted by Gasteiger charge is -2.04. The Hall–Kier alpha value is -1.98. The monoisotopic (exact) mass is 254 g/mol. The lowest BCUT2D eigenvalue weighted by Crippen LogP contribution is -2.24. The van der Waals surface area contributed by atoms with Crippen molar-refractivity contribution in [2.24, 2.45) is 0 Å². The van der Waals surface area contributed by atoms with Gasteiger partial charge in [-0.25, -0.2) is 0 Å². The summed E-state index contributed by atoms with van der Waals surface area (Å²) in [6.07, 6.45) is 2.90. The summed E-state index contributed by atoms with van der Waals surface area (Å²) in [5, 5.41) is 13.2. The second-order valence-corrected chi connectivity index (χ2v) is 3.89. The lowest BCUT2D eigenvalue weighted by molar-refractivity contribution is -0.387. The zero-order valence-corrected chi connectivity index (χ0v) is 10.1. The molecule has 98 valence electrons. The third-order valence-corrected chi connectivity index (χ3v) is 2.47. The minimum absolute atomic E-state index is 0.0969. The Morgan fingerprint density at radius 3 is 2.78 bits per heavy atom. The van der Waals surface area contributed by atoms with Crippen LogP contribution in [0.2, 0.25) is 0 Å². The van der Waals surface area contributed by atoms with Crippen LogP contribution in [0.5, 0.6) is 0 Å². The number of benzene rings is 1. The number of hydrogen-bond acceptors (Lipinski definition) is 3. The molecule has 0 unspecified atom stereocenters. The maximum absolute atomic E-state index is 13.1. The van der Waals surface area contributed by atoms with Crippen LogP contribution in [0.3, 0.4) is 0 Å². The maximum atomic E-state index is 13.1. The van der Waals surface area contributed by atoms with E-state index in [1.165, 1.54) is 6.07 Å². The molecule has 0 spiro atoms. The van der Waals surface area contributed by atoms with Crippen LogP contribution in [-0.4, -0.2) is 17.4 Å². The van der Waals surface area contributed by atoms with Crippen molar-refractivity contribution in [3.63, 3.8) is 0 Å². The standard InChI is InChI=1S/C12H15FN2O3/c1-2-3-4-7-14-12(16)9-5-6-10(13)11(8-9)15(17)18/h5-6,8H,2-4,7H2,1H3,(H,14,16). The number of nitro benzene ring substituents is 1. The summed E-state index contributed by atoms with van der Waals surface area (Å²) >= 11 is 0. The molecule has 0 fully saturated rings. The highest BCUT2D eigenvalue weighted by Gasteiger charge is 2.17. The highest BCUT2D eigenvalue weighted by Crippen LogP contribution is 2.18. The smallest absolute Gasteiger partial charge is 0.305 e. The van der Waals surface area contributed by atoms with Crippen molar-refractivity contribution in [2.45, 2.75) is 26.2 Å². The van der Waals surface area contributed by atoms with Gasteiger partial charge in [-0.15, -0.1) is 0 Å². The fourth-order valence-corrected chi connectivity index (χ4v) is 1.47. The Balaban J connectivity index is 2.68. The molecule has 0 aliphatic rings. The topological polar surface area (TPSA) is 72.2 Å². The van der Waals surface area contributed by atoms with Crippen LogP contribution in [0.1, 0.15) is 36.5 Å². The van der Waals surface area contributed by atoms with Crippen molar-refractivity contribution in [2.75, 3.05) is 6.54 Å². The van der Waals surface area contributed by atoms with Gasteiger partial charge in [-0.05, 0) is 18.6 Å². The van der Waals surface area contributed by atoms with Crippen LogP contribution in [-0.2, 0) is 0 Å². The quantitative estimate of drug-likeness (QED) is 0.482. The van der Waals surface area contributed by atoms with Gasteiger partial charge in [0, 0.05) is 18.2 Å². The Bertz CT molecular complexity index is 449. The number of nitro groups is 1. The molecule has 18 heavy (non-hydrogen) atoms. The molecular formula is C12H15FN2O3. The van der Waals surface area contributed by atoms with E-state index in [9.17, 15) is 19.3 Å². The number of unbranched alkanes of at least 4 members (excludes halogenated alkanes) is 2. The molecule has 0 saturated heterocycles. The molecule has 0 aliphatic heterocycles. The zero-order valence-electron chi connectivity index (χ0n) is 10.1. The van der Waals surface area contributed by atoms with E-state index >= 15 is 0 Å². The predicted molar refractivity (Wildman–Crippen MR) is 64.9 cm³/mol. The molecule has 0 atom stereocenters. The number of amides is 1. The largest absolute Gasteiger partial charge is 0.352 e. The molecule has 0 heterocycles. The molecule has 0 radical (unpaired) electrons. The first-order valence-corrected chi connectivity index (χ1v) is 5.78. The highest BCUT2D eigenvalue weighted by atomic mass is 19.1. The van der Waals surface area contributed by atoms with E-state index in [1.54, 1.807) is 0 Å². The fraction of sp³-hybridized carbons (Fsp3) is 0.417. The summed E-state index contributed by atoms with van der Waals surface area (Å²) in [5.41, 5.74) is -0.587. The van der Waals surface area contributed by atoms with Crippen LogP contribution < -0.4 is 5.32 Å². The van der Waals surface area contributed by atoms with Crippen LogP contribution in [0.25, 0.3) is 0 Å². The molecule has 1 rings (SSSR count). The van der Waals surface area contributed by atoms with Crippen molar-refractivity contribution in [3.05, 3.63) is 39.7 Å². The number of halogens is 1. The minimum atomic E-state index is -0.942. The van der Waals surface area contributed by atoms with Gasteiger partial charge in [0.2, 0.25) is 5.82 Å². The molecular weight excluding hydrogens is 239 g/mol. The second-order valence-electron chi connectivity index (χ2n) is 3.89. The molecule has 1 aromatic carbocycles. The van der Waals surface area contributed by atoms with Gasteiger partial charge in [-0.1, -0.05) is 19.8 Å². The average Bonchev–Trinajstić information content (AvgIpc) is 2.34. The van der Waals surface area contributed by atoms with Gasteiger partial charge in [0.1, 0.15) is 0 Å². The van der Waals surface area contributed by atoms with E-state index in [-0.39, 0.29) is 5.56 Å². The summed E-state index contributed by atoms with van der Waals surface area (Å²) in [6, 6.07) is 3.11. The van der Waals surface area contributed by atoms with Gasteiger partial charge in [-0.3, -0.25) is 14.9 Å². The molecule has 0 saturated carbocycles. The van der Waals surface area contributed by atoms with Gasteiger partial charge < -0.3 is 5.32 Å². The maximum Gasteiger partial charge on any atom is 0.305 e. The fourth-order valence-electron chi connectivity index (χ4n) is 1.47. The van der Waals surface area contributed by atoms with Crippen LogP contribution >= 0.6 is 0 Å². The normalized spacial score (nSPS) is 10.1. The van der Waals surface area contributed by atoms with E-state index in [2.05, 4.69) is 5.32 Å². The number of rotatable bonds is 6. The Morgan fingerprint density at radius 2 is 2.17 bits per heavy atom. The molecule has 6 heteroatoms. The SMILES string of the molecule is CCCCCNC(=O)c1ccc(F)c([N+](=O)[O-])c1. The summed E-state index contributed by atoms with van der Waals surface area (Å²) in [5.74, 6) is -1.36. The number of nitrogens with zero attached hydrogens (tertiary/aromatic N) is 1. The first-order chi connectivity index (χ1) is 8.56. The van der Waals surface area contributed by atoms with Crippen molar-refractivity contribution in [1.82, 2.24) is 5.32 Å². The zero-order chi connectivity index (χ0) is 13.5. The van der Waals surface area contributed by atoms with Gasteiger partial charge in [0.15, 0.2) is 0 Å². The van der Waals surface area contributed by atoms with Crippen molar-refractivity contribution in [1.29, 1.82) is 0 Å². The van der Waals surface area contributed by atoms with Crippen molar-refractivity contribution in [3.8, 4) is 0 Å². The Morgan fingerprint density at radius 1 is 1.44 bits per heavy atom. The molecule has 0 aromatic heterocycles. The molecule has 1 amide bonds. The van der Waals surface area contributed by atoms with E-state index in [1.807, 2.05) is 6.92 Å². The second kappa shape index (κ2) is 6.68. The van der Waals surface area contributed by atoms with Gasteiger partial charge in [-0.2, -0.15) is 4.39 Å². The van der Waals surface area contributed by atoms with Gasteiger partial charge >= 0.3 is 5.69 Å². The molecule has 1 aromatic rings. The van der Waals surface area contributed by atoms with Crippen LogP contribution in [0.4, 0.5) is 10.1 Å². The number of carbonyl (C=O) groups excluding carboxylic acids is 1. The van der Waals surface area contributed by atoms with Crippen LogP contribution in [0.15, 0.2) is 18.2 Å². The third-order valence-electron chi connectivity index (χ3n) is 2.47. The van der Waals surface area contributed by atoms with E-state index in [0.717, 1.165) is 31.4 Å². The Kier molecular flexibility index (Phi) is 5.23. The van der Waals surface area contributed by atoms with Gasteiger partial charge in [0.25, 0.3) is 5.91 Å². The number of hydrogen-bond donors (Lipinski definition) is 1. The molecule has 0 aliphatic carbocycles. The van der Waals surface area contributed by atoms with Crippen molar-refractivity contribution >= 4 is 11.6 Å². The number of nitrogens with one attached hydrogen (secondary N) is 1. The first-order valence-electron chi connectivity index (χ1n) is 5.78. The summed E-state index contributed by atoms with van der Waals surface area (Å²) in [7, 11) is 0. The predicted octanol–water partition coefficient (Wildman–Crippen LogP) is 2.65. The van der Waals surface area contributed by atoms with E-state index in [4.69, 9.17) is 0 Å². The third kappa shape index (κ3) is 3.80. The van der Waals surface area contributed by atoms with E-state index in [0.29, 0.717) is 6.54 Å². The average molecular weight is 254 g/mol. The lowest BCUT2D eigenvalue weighted by atomic mass is 10.1. The summed E-state index contributed by atoms with van der Waals surface area (Å²) in [6.45, 7) is 2.56. The van der Waals surface area contributed by atoms with Gasteiger partial charge in [0.05, 0.1) is 4.92 Å². The first kappa shape index (κ1) is 14.1. The Labute approximate surface area is 104 Å². The molecule has 1 N–H and O–H groups in total. The van der Waals surface area contributed by atoms with Crippen molar-refractivity contribution < 1.29 is 14.1 Å².